The fourth-order valence-electron chi connectivity index (χ4n) is 3.62. The molecule has 0 aliphatic rings. The maximum atomic E-state index is 13.7. The lowest BCUT2D eigenvalue weighted by Crippen LogP contribution is -2.30. The molecule has 35 heavy (non-hydrogen) atoms. The Balaban J connectivity index is 1.61. The van der Waals surface area contributed by atoms with Gasteiger partial charge in [0, 0.05) is 23.8 Å². The van der Waals surface area contributed by atoms with Gasteiger partial charge in [-0.3, -0.25) is 14.1 Å². The molecule has 0 saturated carbocycles. The Morgan fingerprint density at radius 1 is 0.857 bits per heavy atom. The third-order valence-electron chi connectivity index (χ3n) is 5.27. The van der Waals surface area contributed by atoms with Gasteiger partial charge in [-0.15, -0.1) is 0 Å². The molecule has 3 aromatic carbocycles. The molecule has 0 spiro atoms. The third kappa shape index (κ3) is 6.24. The number of benzene rings is 3. The van der Waals surface area contributed by atoms with E-state index in [2.05, 4.69) is 15.6 Å². The quantitative estimate of drug-likeness (QED) is 0.353. The summed E-state index contributed by atoms with van der Waals surface area (Å²) < 4.78 is 28.7. The molecule has 4 aromatic rings. The maximum Gasteiger partial charge on any atom is 0.264 e. The number of hydrogen-bond acceptors (Lipinski definition) is 5. The van der Waals surface area contributed by atoms with Crippen molar-refractivity contribution in [1.82, 2.24) is 4.98 Å². The smallest absolute Gasteiger partial charge is 0.264 e. The summed E-state index contributed by atoms with van der Waals surface area (Å²) in [5.74, 6) is -0.225. The summed E-state index contributed by atoms with van der Waals surface area (Å²) in [6, 6.07) is 26.7. The summed E-state index contributed by atoms with van der Waals surface area (Å²) in [4.78, 5) is 16.5. The molecule has 0 radical (unpaired) electrons. The van der Waals surface area contributed by atoms with Crippen LogP contribution in [-0.4, -0.2) is 25.9 Å². The third-order valence-corrected chi connectivity index (χ3v) is 7.06. The molecule has 1 amide bonds. The van der Waals surface area contributed by atoms with E-state index in [1.54, 1.807) is 60.9 Å². The van der Waals surface area contributed by atoms with Crippen molar-refractivity contribution in [2.75, 3.05) is 21.5 Å². The highest BCUT2D eigenvalue weighted by molar-refractivity contribution is 7.92. The summed E-state index contributed by atoms with van der Waals surface area (Å²) in [7, 11) is -3.84. The van der Waals surface area contributed by atoms with Crippen molar-refractivity contribution in [3.63, 3.8) is 0 Å². The van der Waals surface area contributed by atoms with Gasteiger partial charge in [0.25, 0.3) is 10.0 Å². The number of nitrogens with zero attached hydrogens (tertiary/aromatic N) is 2. The lowest BCUT2D eigenvalue weighted by molar-refractivity contribution is -0.114. The van der Waals surface area contributed by atoms with Crippen LogP contribution in [0.15, 0.2) is 108 Å². The normalized spacial score (nSPS) is 11.0. The number of pyridine rings is 1. The summed E-state index contributed by atoms with van der Waals surface area (Å²) in [6.45, 7) is 2.08. The Morgan fingerprint density at radius 2 is 1.51 bits per heavy atom. The predicted octanol–water partition coefficient (Wildman–Crippen LogP) is 4.84. The van der Waals surface area contributed by atoms with Crippen LogP contribution in [0.1, 0.15) is 11.1 Å². The second-order valence-electron chi connectivity index (χ2n) is 8.01. The highest BCUT2D eigenvalue weighted by Gasteiger charge is 2.25. The molecule has 1 aromatic heterocycles. The standard InChI is InChI=1S/C27H26N4O3S/c1-21-16-24(29-19-27(32)30-23-12-14-28-15-13-23)18-25(17-21)31(20-22-8-4-2-5-9-22)35(33,34)26-10-6-3-7-11-26/h2-18,29H,19-20H2,1H3,(H,28,30,32). The van der Waals surface area contributed by atoms with Gasteiger partial charge in [0.2, 0.25) is 5.91 Å². The van der Waals surface area contributed by atoms with Gasteiger partial charge in [0.15, 0.2) is 0 Å². The van der Waals surface area contributed by atoms with Gasteiger partial charge >= 0.3 is 0 Å². The first kappa shape index (κ1) is 24.0. The van der Waals surface area contributed by atoms with Gasteiger partial charge in [0.05, 0.1) is 23.7 Å². The van der Waals surface area contributed by atoms with E-state index in [1.807, 2.05) is 49.4 Å². The number of rotatable bonds is 9. The minimum atomic E-state index is -3.84. The van der Waals surface area contributed by atoms with Crippen LogP contribution in [-0.2, 0) is 21.4 Å². The summed E-state index contributed by atoms with van der Waals surface area (Å²) in [6.07, 6.45) is 3.20. The summed E-state index contributed by atoms with van der Waals surface area (Å²) in [5, 5.41) is 5.90. The zero-order valence-electron chi connectivity index (χ0n) is 19.3. The van der Waals surface area contributed by atoms with Crippen molar-refractivity contribution in [1.29, 1.82) is 0 Å². The molecule has 0 saturated heterocycles. The number of carbonyl (C=O) groups excluding carboxylic acids is 1. The number of carbonyl (C=O) groups is 1. The second kappa shape index (κ2) is 10.8. The van der Waals surface area contributed by atoms with Crippen LogP contribution in [0.4, 0.5) is 17.1 Å². The number of hydrogen-bond donors (Lipinski definition) is 2. The molecule has 0 atom stereocenters. The van der Waals surface area contributed by atoms with Crippen LogP contribution < -0.4 is 14.9 Å². The fraction of sp³-hybridized carbons (Fsp3) is 0.111. The van der Waals surface area contributed by atoms with E-state index in [4.69, 9.17) is 0 Å². The first-order chi connectivity index (χ1) is 16.9. The van der Waals surface area contributed by atoms with Gasteiger partial charge in [-0.25, -0.2) is 8.42 Å². The highest BCUT2D eigenvalue weighted by Crippen LogP contribution is 2.29. The average molecular weight is 487 g/mol. The molecular weight excluding hydrogens is 460 g/mol. The van der Waals surface area contributed by atoms with Crippen molar-refractivity contribution in [2.24, 2.45) is 0 Å². The number of aryl methyl sites for hydroxylation is 1. The van der Waals surface area contributed by atoms with Crippen LogP contribution in [0.2, 0.25) is 0 Å². The van der Waals surface area contributed by atoms with Crippen LogP contribution in [0.3, 0.4) is 0 Å². The summed E-state index contributed by atoms with van der Waals surface area (Å²) in [5.41, 5.74) is 3.53. The number of aromatic nitrogens is 1. The minimum Gasteiger partial charge on any atom is -0.376 e. The molecule has 0 fully saturated rings. The molecule has 1 heterocycles. The molecule has 4 rings (SSSR count). The van der Waals surface area contributed by atoms with Gasteiger partial charge < -0.3 is 10.6 Å². The van der Waals surface area contributed by atoms with Crippen molar-refractivity contribution in [2.45, 2.75) is 18.4 Å². The minimum absolute atomic E-state index is 0.0232. The van der Waals surface area contributed by atoms with E-state index in [1.165, 1.54) is 4.31 Å². The lowest BCUT2D eigenvalue weighted by atomic mass is 10.1. The zero-order chi connectivity index (χ0) is 24.7. The van der Waals surface area contributed by atoms with Crippen molar-refractivity contribution in [3.8, 4) is 0 Å². The van der Waals surface area contributed by atoms with Crippen LogP contribution >= 0.6 is 0 Å². The predicted molar refractivity (Wildman–Crippen MR) is 139 cm³/mol. The molecule has 0 aliphatic carbocycles. The van der Waals surface area contributed by atoms with E-state index >= 15 is 0 Å². The van der Waals surface area contributed by atoms with Crippen molar-refractivity contribution in [3.05, 3.63) is 115 Å². The van der Waals surface area contributed by atoms with Gasteiger partial charge in [-0.05, 0) is 60.5 Å². The first-order valence-electron chi connectivity index (χ1n) is 11.1. The SMILES string of the molecule is Cc1cc(NCC(=O)Nc2ccncc2)cc(N(Cc2ccccc2)S(=O)(=O)c2ccccc2)c1. The number of sulfonamides is 1. The molecule has 2 N–H and O–H groups in total. The molecule has 7 nitrogen and oxygen atoms in total. The highest BCUT2D eigenvalue weighted by atomic mass is 32.2. The van der Waals surface area contributed by atoms with E-state index < -0.39 is 10.0 Å². The molecule has 0 aliphatic heterocycles. The van der Waals surface area contributed by atoms with Crippen molar-refractivity contribution < 1.29 is 13.2 Å². The number of anilines is 3. The van der Waals surface area contributed by atoms with Crippen molar-refractivity contribution >= 4 is 33.0 Å². The molecule has 8 heteroatoms. The van der Waals surface area contributed by atoms with E-state index in [9.17, 15) is 13.2 Å². The Labute approximate surface area is 205 Å². The monoisotopic (exact) mass is 486 g/mol. The van der Waals surface area contributed by atoms with E-state index in [0.29, 0.717) is 17.1 Å². The Morgan fingerprint density at radius 3 is 2.20 bits per heavy atom. The van der Waals surface area contributed by atoms with E-state index in [0.717, 1.165) is 11.1 Å². The largest absolute Gasteiger partial charge is 0.376 e. The van der Waals surface area contributed by atoms with Crippen LogP contribution in [0, 0.1) is 6.92 Å². The maximum absolute atomic E-state index is 13.7. The molecular formula is C27H26N4O3S. The van der Waals surface area contributed by atoms with Crippen LogP contribution in [0.5, 0.6) is 0 Å². The Bertz CT molecular complexity index is 1380. The lowest BCUT2D eigenvalue weighted by Gasteiger charge is -2.26. The topological polar surface area (TPSA) is 91.4 Å². The molecule has 0 unspecified atom stereocenters. The first-order valence-corrected chi connectivity index (χ1v) is 12.5. The number of nitrogens with one attached hydrogen (secondary N) is 2. The molecule has 178 valence electrons. The second-order valence-corrected chi connectivity index (χ2v) is 9.87. The summed E-state index contributed by atoms with van der Waals surface area (Å²) >= 11 is 0. The Kier molecular flexibility index (Phi) is 7.42. The van der Waals surface area contributed by atoms with Gasteiger partial charge in [0.1, 0.15) is 0 Å². The fourth-order valence-corrected chi connectivity index (χ4v) is 5.07. The van der Waals surface area contributed by atoms with Gasteiger partial charge in [-0.2, -0.15) is 0 Å². The molecule has 0 bridgehead atoms. The Hall–Kier alpha value is -4.17. The van der Waals surface area contributed by atoms with E-state index in [-0.39, 0.29) is 23.9 Å². The average Bonchev–Trinajstić information content (AvgIpc) is 2.87. The number of amides is 1. The van der Waals surface area contributed by atoms with Crippen LogP contribution in [0.25, 0.3) is 0 Å². The zero-order valence-corrected chi connectivity index (χ0v) is 20.1. The van der Waals surface area contributed by atoms with Gasteiger partial charge in [-0.1, -0.05) is 48.5 Å².